The summed E-state index contributed by atoms with van der Waals surface area (Å²) in [5.74, 6) is 0.283. The summed E-state index contributed by atoms with van der Waals surface area (Å²) in [4.78, 5) is 12.3. The standard InChI is InChI=1S/C17H19ClN2O4S/c1-24-15-5-3-4-14(10-15)19-17(21)11-16(20-25(2,22)23)12-6-8-13(18)9-7-12/h3-10,16,20H,11H2,1-2H3,(H,19,21)/t16-/m1/s1. The third kappa shape index (κ3) is 6.38. The topological polar surface area (TPSA) is 84.5 Å². The molecule has 25 heavy (non-hydrogen) atoms. The molecule has 1 atom stereocenters. The molecular weight excluding hydrogens is 364 g/mol. The Kier molecular flexibility index (Phi) is 6.41. The Bertz CT molecular complexity index is 838. The largest absolute Gasteiger partial charge is 0.497 e. The summed E-state index contributed by atoms with van der Waals surface area (Å²) in [5.41, 5.74) is 1.22. The molecule has 134 valence electrons. The van der Waals surface area contributed by atoms with Gasteiger partial charge in [-0.3, -0.25) is 4.79 Å². The minimum absolute atomic E-state index is 0.0636. The van der Waals surface area contributed by atoms with Gasteiger partial charge in [-0.05, 0) is 29.8 Å². The molecular formula is C17H19ClN2O4S. The second kappa shape index (κ2) is 8.33. The zero-order valence-electron chi connectivity index (χ0n) is 13.8. The first-order valence-electron chi connectivity index (χ1n) is 7.43. The lowest BCUT2D eigenvalue weighted by atomic mass is 10.0. The number of methoxy groups -OCH3 is 1. The highest BCUT2D eigenvalue weighted by Gasteiger charge is 2.20. The zero-order valence-corrected chi connectivity index (χ0v) is 15.4. The van der Waals surface area contributed by atoms with E-state index in [1.54, 1.807) is 48.5 Å². The quantitative estimate of drug-likeness (QED) is 0.771. The lowest BCUT2D eigenvalue weighted by Gasteiger charge is -2.18. The predicted octanol–water partition coefficient (Wildman–Crippen LogP) is 2.97. The zero-order chi connectivity index (χ0) is 18.4. The lowest BCUT2D eigenvalue weighted by Crippen LogP contribution is -2.30. The monoisotopic (exact) mass is 382 g/mol. The van der Waals surface area contributed by atoms with Gasteiger partial charge >= 0.3 is 0 Å². The van der Waals surface area contributed by atoms with Gasteiger partial charge in [0.25, 0.3) is 0 Å². The molecule has 0 aliphatic heterocycles. The van der Waals surface area contributed by atoms with Crippen LogP contribution >= 0.6 is 11.6 Å². The number of halogens is 1. The highest BCUT2D eigenvalue weighted by molar-refractivity contribution is 7.88. The number of carbonyl (C=O) groups is 1. The van der Waals surface area contributed by atoms with Gasteiger partial charge in [0.2, 0.25) is 15.9 Å². The number of ether oxygens (including phenoxy) is 1. The van der Waals surface area contributed by atoms with E-state index in [9.17, 15) is 13.2 Å². The summed E-state index contributed by atoms with van der Waals surface area (Å²) >= 11 is 5.86. The van der Waals surface area contributed by atoms with Gasteiger partial charge in [-0.1, -0.05) is 29.8 Å². The molecule has 0 saturated heterocycles. The SMILES string of the molecule is COc1cccc(NC(=O)C[C@@H](NS(C)(=O)=O)c2ccc(Cl)cc2)c1. The van der Waals surface area contributed by atoms with Crippen LogP contribution in [0.15, 0.2) is 48.5 Å². The van der Waals surface area contributed by atoms with Gasteiger partial charge in [0.1, 0.15) is 5.75 Å². The summed E-state index contributed by atoms with van der Waals surface area (Å²) in [6.07, 6.45) is 0.988. The van der Waals surface area contributed by atoms with Gasteiger partial charge in [0, 0.05) is 23.2 Å². The van der Waals surface area contributed by atoms with Crippen molar-refractivity contribution in [3.05, 3.63) is 59.1 Å². The van der Waals surface area contributed by atoms with Crippen LogP contribution in [0.3, 0.4) is 0 Å². The van der Waals surface area contributed by atoms with Crippen LogP contribution in [0.5, 0.6) is 5.75 Å². The fourth-order valence-corrected chi connectivity index (χ4v) is 3.14. The maximum Gasteiger partial charge on any atom is 0.226 e. The first-order chi connectivity index (χ1) is 11.8. The molecule has 0 fully saturated rings. The number of hydrogen-bond acceptors (Lipinski definition) is 4. The van der Waals surface area contributed by atoms with Crippen molar-refractivity contribution >= 4 is 33.2 Å². The van der Waals surface area contributed by atoms with E-state index in [-0.39, 0.29) is 12.3 Å². The van der Waals surface area contributed by atoms with E-state index < -0.39 is 16.1 Å². The molecule has 0 radical (unpaired) electrons. The van der Waals surface area contributed by atoms with Crippen LogP contribution in [-0.4, -0.2) is 27.7 Å². The molecule has 6 nitrogen and oxygen atoms in total. The molecule has 0 aromatic heterocycles. The van der Waals surface area contributed by atoms with Crippen LogP contribution in [0.1, 0.15) is 18.0 Å². The molecule has 0 heterocycles. The van der Waals surface area contributed by atoms with Gasteiger partial charge < -0.3 is 10.1 Å². The second-order valence-electron chi connectivity index (χ2n) is 5.48. The van der Waals surface area contributed by atoms with Crippen molar-refractivity contribution in [3.8, 4) is 5.75 Å². The average molecular weight is 383 g/mol. The Hall–Kier alpha value is -2.09. The smallest absolute Gasteiger partial charge is 0.226 e. The van der Waals surface area contributed by atoms with E-state index in [4.69, 9.17) is 16.3 Å². The van der Waals surface area contributed by atoms with Crippen LogP contribution in [0.2, 0.25) is 5.02 Å². The molecule has 0 aliphatic carbocycles. The van der Waals surface area contributed by atoms with Gasteiger partial charge in [0.05, 0.1) is 19.4 Å². The number of sulfonamides is 1. The molecule has 8 heteroatoms. The van der Waals surface area contributed by atoms with Crippen LogP contribution in [-0.2, 0) is 14.8 Å². The number of amides is 1. The first-order valence-corrected chi connectivity index (χ1v) is 9.70. The minimum Gasteiger partial charge on any atom is -0.497 e. The number of carbonyl (C=O) groups excluding carboxylic acids is 1. The lowest BCUT2D eigenvalue weighted by molar-refractivity contribution is -0.116. The van der Waals surface area contributed by atoms with Crippen molar-refractivity contribution in [3.63, 3.8) is 0 Å². The van der Waals surface area contributed by atoms with Gasteiger partial charge in [-0.2, -0.15) is 0 Å². The molecule has 2 aromatic rings. The average Bonchev–Trinajstić information content (AvgIpc) is 2.53. The van der Waals surface area contributed by atoms with Crippen molar-refractivity contribution in [2.45, 2.75) is 12.5 Å². The number of benzene rings is 2. The van der Waals surface area contributed by atoms with E-state index in [1.807, 2.05) is 0 Å². The number of hydrogen-bond donors (Lipinski definition) is 2. The number of nitrogens with one attached hydrogen (secondary N) is 2. The van der Waals surface area contributed by atoms with E-state index in [0.717, 1.165) is 6.26 Å². The van der Waals surface area contributed by atoms with Gasteiger partial charge in [-0.25, -0.2) is 13.1 Å². The van der Waals surface area contributed by atoms with Gasteiger partial charge in [0.15, 0.2) is 0 Å². The number of anilines is 1. The van der Waals surface area contributed by atoms with E-state index >= 15 is 0 Å². The normalized spacial score (nSPS) is 12.4. The third-order valence-corrected chi connectivity index (χ3v) is 4.34. The van der Waals surface area contributed by atoms with E-state index in [1.165, 1.54) is 7.11 Å². The van der Waals surface area contributed by atoms with Crippen LogP contribution < -0.4 is 14.8 Å². The van der Waals surface area contributed by atoms with Crippen molar-refractivity contribution in [1.29, 1.82) is 0 Å². The maximum atomic E-state index is 12.3. The fraction of sp³-hybridized carbons (Fsp3) is 0.235. The molecule has 1 amide bonds. The second-order valence-corrected chi connectivity index (χ2v) is 7.69. The molecule has 0 saturated carbocycles. The Morgan fingerprint density at radius 2 is 1.88 bits per heavy atom. The Morgan fingerprint density at radius 3 is 2.48 bits per heavy atom. The van der Waals surface area contributed by atoms with Gasteiger partial charge in [-0.15, -0.1) is 0 Å². The summed E-state index contributed by atoms with van der Waals surface area (Å²) < 4.78 is 30.8. The summed E-state index contributed by atoms with van der Waals surface area (Å²) in [6.45, 7) is 0. The summed E-state index contributed by atoms with van der Waals surface area (Å²) in [7, 11) is -1.96. The van der Waals surface area contributed by atoms with Crippen molar-refractivity contribution in [1.82, 2.24) is 4.72 Å². The molecule has 0 bridgehead atoms. The summed E-state index contributed by atoms with van der Waals surface area (Å²) in [6, 6.07) is 12.9. The Labute approximate surface area is 152 Å². The molecule has 2 N–H and O–H groups in total. The van der Waals surface area contributed by atoms with Crippen LogP contribution in [0.25, 0.3) is 0 Å². The first kappa shape index (κ1) is 19.2. The predicted molar refractivity (Wildman–Crippen MR) is 98.4 cm³/mol. The van der Waals surface area contributed by atoms with Crippen molar-refractivity contribution in [2.75, 3.05) is 18.7 Å². The molecule has 2 rings (SSSR count). The van der Waals surface area contributed by atoms with E-state index in [2.05, 4.69) is 10.0 Å². The van der Waals surface area contributed by atoms with Crippen molar-refractivity contribution in [2.24, 2.45) is 0 Å². The molecule has 0 spiro atoms. The maximum absolute atomic E-state index is 12.3. The minimum atomic E-state index is -3.49. The molecule has 2 aromatic carbocycles. The Balaban J connectivity index is 2.14. The fourth-order valence-electron chi connectivity index (χ4n) is 2.28. The van der Waals surface area contributed by atoms with Crippen LogP contribution in [0.4, 0.5) is 5.69 Å². The Morgan fingerprint density at radius 1 is 1.20 bits per heavy atom. The summed E-state index contributed by atoms with van der Waals surface area (Å²) in [5, 5.41) is 3.26. The number of rotatable bonds is 7. The molecule has 0 unspecified atom stereocenters. The van der Waals surface area contributed by atoms with E-state index in [0.29, 0.717) is 22.0 Å². The highest BCUT2D eigenvalue weighted by atomic mass is 35.5. The van der Waals surface area contributed by atoms with Crippen molar-refractivity contribution < 1.29 is 17.9 Å². The molecule has 0 aliphatic rings. The third-order valence-electron chi connectivity index (χ3n) is 3.37. The van der Waals surface area contributed by atoms with Crippen LogP contribution in [0, 0.1) is 0 Å². The highest BCUT2D eigenvalue weighted by Crippen LogP contribution is 2.22.